The van der Waals surface area contributed by atoms with Crippen molar-refractivity contribution in [1.29, 1.82) is 0 Å². The number of aromatic nitrogens is 4. The lowest BCUT2D eigenvalue weighted by atomic mass is 9.98. The van der Waals surface area contributed by atoms with Crippen molar-refractivity contribution in [1.82, 2.24) is 19.7 Å². The van der Waals surface area contributed by atoms with Crippen LogP contribution in [0.25, 0.3) is 22.2 Å². The van der Waals surface area contributed by atoms with Gasteiger partial charge in [-0.25, -0.2) is 9.78 Å². The van der Waals surface area contributed by atoms with Crippen LogP contribution in [0.5, 0.6) is 0 Å². The molecule has 0 radical (unpaired) electrons. The molecule has 0 saturated heterocycles. The first-order chi connectivity index (χ1) is 13.1. The molecular weight excluding hydrogens is 377 g/mol. The summed E-state index contributed by atoms with van der Waals surface area (Å²) >= 11 is 0. The number of esters is 1. The molecule has 0 spiro atoms. The molecule has 0 amide bonds. The standard InChI is InChI=1S/C18H17F3N4O3/c1-17(2,7-12(26)10-28-16(27)18(19,20)21)25-9-11(8-24-25)13-3-5-22-15-14(13)4-6-23-15/h3-6,8-9H,7,10H2,1-2H3,(H,22,23). The highest BCUT2D eigenvalue weighted by Crippen LogP contribution is 2.29. The summed E-state index contributed by atoms with van der Waals surface area (Å²) < 4.78 is 42.0. The Morgan fingerprint density at radius 1 is 1.25 bits per heavy atom. The molecule has 148 valence electrons. The fourth-order valence-corrected chi connectivity index (χ4v) is 2.85. The molecule has 0 unspecified atom stereocenters. The molecular formula is C18H17F3N4O3. The first-order valence-electron chi connectivity index (χ1n) is 8.31. The summed E-state index contributed by atoms with van der Waals surface area (Å²) in [5, 5.41) is 5.20. The third-order valence-electron chi connectivity index (χ3n) is 4.20. The Hall–Kier alpha value is -3.17. The number of alkyl halides is 3. The minimum Gasteiger partial charge on any atom is -0.451 e. The number of nitrogens with one attached hydrogen (secondary N) is 1. The lowest BCUT2D eigenvalue weighted by Gasteiger charge is -2.24. The molecule has 28 heavy (non-hydrogen) atoms. The normalized spacial score (nSPS) is 12.3. The van der Waals surface area contributed by atoms with E-state index in [0.717, 1.165) is 22.2 Å². The predicted molar refractivity (Wildman–Crippen MR) is 93.3 cm³/mol. The number of pyridine rings is 1. The van der Waals surface area contributed by atoms with Gasteiger partial charge in [-0.15, -0.1) is 0 Å². The number of aromatic amines is 1. The first kappa shape index (κ1) is 19.6. The number of hydrogen-bond donors (Lipinski definition) is 1. The fraction of sp³-hybridized carbons (Fsp3) is 0.333. The molecule has 0 aliphatic carbocycles. The van der Waals surface area contributed by atoms with E-state index in [1.807, 2.05) is 12.1 Å². The van der Waals surface area contributed by atoms with Crippen LogP contribution in [-0.4, -0.2) is 44.3 Å². The zero-order valence-electron chi connectivity index (χ0n) is 15.1. The SMILES string of the molecule is CC(C)(CC(=O)COC(=O)C(F)(F)F)n1cc(-c2ccnc3[nH]ccc23)cn1. The molecule has 3 aromatic heterocycles. The monoisotopic (exact) mass is 394 g/mol. The topological polar surface area (TPSA) is 89.9 Å². The van der Waals surface area contributed by atoms with E-state index < -0.39 is 30.1 Å². The minimum absolute atomic E-state index is 0.158. The first-order valence-corrected chi connectivity index (χ1v) is 8.31. The number of halogens is 3. The molecule has 10 heteroatoms. The fourth-order valence-electron chi connectivity index (χ4n) is 2.85. The molecule has 7 nitrogen and oxygen atoms in total. The van der Waals surface area contributed by atoms with Gasteiger partial charge in [-0.3, -0.25) is 9.48 Å². The molecule has 3 heterocycles. The van der Waals surface area contributed by atoms with E-state index in [1.165, 1.54) is 0 Å². The van der Waals surface area contributed by atoms with E-state index in [4.69, 9.17) is 0 Å². The molecule has 1 N–H and O–H groups in total. The second kappa shape index (κ2) is 7.10. The van der Waals surface area contributed by atoms with Gasteiger partial charge in [0, 0.05) is 36.0 Å². The maximum atomic E-state index is 12.1. The molecule has 0 aliphatic rings. The molecule has 0 aromatic carbocycles. The van der Waals surface area contributed by atoms with E-state index in [0.29, 0.717) is 0 Å². The largest absolute Gasteiger partial charge is 0.490 e. The van der Waals surface area contributed by atoms with Crippen LogP contribution in [0.1, 0.15) is 20.3 Å². The number of hydrogen-bond acceptors (Lipinski definition) is 5. The number of H-pyrrole nitrogens is 1. The van der Waals surface area contributed by atoms with Crippen molar-refractivity contribution in [2.75, 3.05) is 6.61 Å². The van der Waals surface area contributed by atoms with Crippen LogP contribution >= 0.6 is 0 Å². The summed E-state index contributed by atoms with van der Waals surface area (Å²) in [6.07, 6.45) is 1.54. The van der Waals surface area contributed by atoms with Crippen LogP contribution < -0.4 is 0 Å². The van der Waals surface area contributed by atoms with Crippen LogP contribution in [0, 0.1) is 0 Å². The van der Waals surface area contributed by atoms with E-state index in [1.54, 1.807) is 43.3 Å². The van der Waals surface area contributed by atoms with E-state index >= 15 is 0 Å². The molecule has 0 aliphatic heterocycles. The molecule has 0 bridgehead atoms. The highest BCUT2D eigenvalue weighted by Gasteiger charge is 2.41. The van der Waals surface area contributed by atoms with Crippen LogP contribution in [0.4, 0.5) is 13.2 Å². The van der Waals surface area contributed by atoms with E-state index in [2.05, 4.69) is 19.8 Å². The maximum absolute atomic E-state index is 12.1. The van der Waals surface area contributed by atoms with Crippen molar-refractivity contribution in [2.45, 2.75) is 32.0 Å². The lowest BCUT2D eigenvalue weighted by Crippen LogP contribution is -2.33. The Morgan fingerprint density at radius 2 is 2.00 bits per heavy atom. The van der Waals surface area contributed by atoms with E-state index in [9.17, 15) is 22.8 Å². The second-order valence-corrected chi connectivity index (χ2v) is 6.87. The average Bonchev–Trinajstić information content (AvgIpc) is 3.27. The third kappa shape index (κ3) is 4.05. The minimum atomic E-state index is -5.12. The summed E-state index contributed by atoms with van der Waals surface area (Å²) in [7, 11) is 0. The smallest absolute Gasteiger partial charge is 0.451 e. The summed E-state index contributed by atoms with van der Waals surface area (Å²) in [4.78, 5) is 30.0. The number of carbonyl (C=O) groups excluding carboxylic acids is 2. The van der Waals surface area contributed by atoms with Crippen LogP contribution in [0.3, 0.4) is 0 Å². The van der Waals surface area contributed by atoms with Gasteiger partial charge in [-0.1, -0.05) is 0 Å². The van der Waals surface area contributed by atoms with Crippen molar-refractivity contribution in [3.05, 3.63) is 36.9 Å². The van der Waals surface area contributed by atoms with Crippen molar-refractivity contribution < 1.29 is 27.5 Å². The van der Waals surface area contributed by atoms with Gasteiger partial charge >= 0.3 is 12.1 Å². The maximum Gasteiger partial charge on any atom is 0.490 e. The zero-order valence-corrected chi connectivity index (χ0v) is 15.1. The highest BCUT2D eigenvalue weighted by molar-refractivity contribution is 5.92. The number of nitrogens with zero attached hydrogens (tertiary/aromatic N) is 3. The summed E-state index contributed by atoms with van der Waals surface area (Å²) in [5.74, 6) is -3.02. The van der Waals surface area contributed by atoms with Gasteiger partial charge in [-0.2, -0.15) is 18.3 Å². The number of rotatable bonds is 6. The molecule has 3 rings (SSSR count). The summed E-state index contributed by atoms with van der Waals surface area (Å²) in [6, 6.07) is 3.73. The van der Waals surface area contributed by atoms with Gasteiger partial charge in [0.25, 0.3) is 0 Å². The Kier molecular flexibility index (Phi) is 4.97. The molecule has 3 aromatic rings. The zero-order chi connectivity index (χ0) is 20.5. The summed E-state index contributed by atoms with van der Waals surface area (Å²) in [5.41, 5.74) is 1.60. The van der Waals surface area contributed by atoms with Gasteiger partial charge in [0.15, 0.2) is 5.78 Å². The summed E-state index contributed by atoms with van der Waals surface area (Å²) in [6.45, 7) is 2.49. The number of fused-ring (bicyclic) bond motifs is 1. The number of Topliss-reactive ketones (excluding diaryl/α,β-unsaturated/α-hetero) is 1. The second-order valence-electron chi connectivity index (χ2n) is 6.87. The van der Waals surface area contributed by atoms with Gasteiger partial charge in [0.2, 0.25) is 0 Å². The Balaban J connectivity index is 1.72. The quantitative estimate of drug-likeness (QED) is 0.649. The van der Waals surface area contributed by atoms with Gasteiger partial charge in [-0.05, 0) is 31.5 Å². The Labute approximate surface area is 157 Å². The molecule has 0 fully saturated rings. The Morgan fingerprint density at radius 3 is 2.71 bits per heavy atom. The third-order valence-corrected chi connectivity index (χ3v) is 4.20. The lowest BCUT2D eigenvalue weighted by molar-refractivity contribution is -0.199. The molecule has 0 atom stereocenters. The number of ether oxygens (including phenoxy) is 1. The number of ketones is 1. The Bertz CT molecular complexity index is 1020. The van der Waals surface area contributed by atoms with E-state index in [-0.39, 0.29) is 6.42 Å². The van der Waals surface area contributed by atoms with Crippen molar-refractivity contribution in [3.63, 3.8) is 0 Å². The van der Waals surface area contributed by atoms with Gasteiger partial charge in [0.05, 0.1) is 11.7 Å². The van der Waals surface area contributed by atoms with Gasteiger partial charge < -0.3 is 9.72 Å². The van der Waals surface area contributed by atoms with Crippen LogP contribution in [-0.2, 0) is 19.9 Å². The number of carbonyl (C=O) groups is 2. The average molecular weight is 394 g/mol. The van der Waals surface area contributed by atoms with Gasteiger partial charge in [0.1, 0.15) is 12.3 Å². The molecule has 0 saturated carbocycles. The highest BCUT2D eigenvalue weighted by atomic mass is 19.4. The van der Waals surface area contributed by atoms with Crippen molar-refractivity contribution in [3.8, 4) is 11.1 Å². The van der Waals surface area contributed by atoms with Crippen molar-refractivity contribution in [2.24, 2.45) is 0 Å². The van der Waals surface area contributed by atoms with Crippen LogP contribution in [0.2, 0.25) is 0 Å². The predicted octanol–water partition coefficient (Wildman–Crippen LogP) is 3.23. The van der Waals surface area contributed by atoms with Crippen LogP contribution in [0.15, 0.2) is 36.9 Å². The van der Waals surface area contributed by atoms with Crippen molar-refractivity contribution >= 4 is 22.8 Å².